The van der Waals surface area contributed by atoms with Gasteiger partial charge in [0.15, 0.2) is 12.4 Å². The standard InChI is InChI=1S/C21H28N2O4/c1-22-9-11-23(12-10-22)20(25)15-26-16-5-6-17-18(24)14-21(27-19(17)13-16)7-3-2-4-8-21/h5-6,13H,2-4,7-12,14-15H2,1H3. The van der Waals surface area contributed by atoms with Crippen molar-refractivity contribution in [2.75, 3.05) is 39.8 Å². The van der Waals surface area contributed by atoms with E-state index in [1.165, 1.54) is 6.42 Å². The van der Waals surface area contributed by atoms with Crippen LogP contribution in [0, 0.1) is 0 Å². The smallest absolute Gasteiger partial charge is 0.260 e. The molecule has 6 heteroatoms. The molecule has 27 heavy (non-hydrogen) atoms. The fourth-order valence-electron chi connectivity index (χ4n) is 4.33. The summed E-state index contributed by atoms with van der Waals surface area (Å²) in [5, 5.41) is 0. The summed E-state index contributed by atoms with van der Waals surface area (Å²) in [6.45, 7) is 3.28. The quantitative estimate of drug-likeness (QED) is 0.816. The average Bonchev–Trinajstić information content (AvgIpc) is 2.67. The molecule has 1 spiro atoms. The predicted octanol–water partition coefficient (Wildman–Crippen LogP) is 2.51. The molecular weight excluding hydrogens is 344 g/mol. The minimum atomic E-state index is -0.337. The van der Waals surface area contributed by atoms with Gasteiger partial charge in [-0.2, -0.15) is 0 Å². The number of likely N-dealkylation sites (N-methyl/N-ethyl adjacent to an activating group) is 1. The first kappa shape index (κ1) is 18.3. The van der Waals surface area contributed by atoms with Crippen molar-refractivity contribution < 1.29 is 19.1 Å². The van der Waals surface area contributed by atoms with Gasteiger partial charge in [0.25, 0.3) is 5.91 Å². The lowest BCUT2D eigenvalue weighted by atomic mass is 9.78. The van der Waals surface area contributed by atoms with E-state index in [2.05, 4.69) is 11.9 Å². The minimum Gasteiger partial charge on any atom is -0.486 e. The van der Waals surface area contributed by atoms with Crippen LogP contribution in [0.1, 0.15) is 48.9 Å². The van der Waals surface area contributed by atoms with Gasteiger partial charge in [0.2, 0.25) is 0 Å². The topological polar surface area (TPSA) is 59.1 Å². The second-order valence-corrected chi connectivity index (χ2v) is 8.08. The number of Topliss-reactive ketones (excluding diaryl/α,β-unsaturated/α-hetero) is 1. The SMILES string of the molecule is CN1CCN(C(=O)COc2ccc3c(c2)OC2(CCCCC2)CC3=O)CC1. The molecule has 1 amide bonds. The van der Waals surface area contributed by atoms with Crippen LogP contribution in [0.25, 0.3) is 0 Å². The summed E-state index contributed by atoms with van der Waals surface area (Å²) in [5.41, 5.74) is 0.292. The zero-order valence-corrected chi connectivity index (χ0v) is 16.0. The van der Waals surface area contributed by atoms with Crippen molar-refractivity contribution >= 4 is 11.7 Å². The molecule has 3 aliphatic rings. The Bertz CT molecular complexity index is 719. The van der Waals surface area contributed by atoms with Crippen LogP contribution in [-0.2, 0) is 4.79 Å². The molecule has 1 aliphatic carbocycles. The van der Waals surface area contributed by atoms with E-state index < -0.39 is 0 Å². The van der Waals surface area contributed by atoms with Crippen LogP contribution in [-0.4, -0.2) is 66.9 Å². The molecule has 2 fully saturated rings. The van der Waals surface area contributed by atoms with Crippen molar-refractivity contribution in [1.29, 1.82) is 0 Å². The van der Waals surface area contributed by atoms with Crippen molar-refractivity contribution in [3.05, 3.63) is 23.8 Å². The number of carbonyl (C=O) groups excluding carboxylic acids is 2. The lowest BCUT2D eigenvalue weighted by molar-refractivity contribution is -0.134. The summed E-state index contributed by atoms with van der Waals surface area (Å²) in [5.74, 6) is 1.34. The normalized spacial score (nSPS) is 22.3. The van der Waals surface area contributed by atoms with Crippen LogP contribution in [0.15, 0.2) is 18.2 Å². The van der Waals surface area contributed by atoms with Gasteiger partial charge in [-0.15, -0.1) is 0 Å². The third-order valence-electron chi connectivity index (χ3n) is 6.05. The van der Waals surface area contributed by atoms with Crippen LogP contribution in [0.3, 0.4) is 0 Å². The van der Waals surface area contributed by atoms with Crippen LogP contribution >= 0.6 is 0 Å². The van der Waals surface area contributed by atoms with E-state index in [1.54, 1.807) is 18.2 Å². The molecular formula is C21H28N2O4. The third-order valence-corrected chi connectivity index (χ3v) is 6.05. The van der Waals surface area contributed by atoms with Gasteiger partial charge in [-0.05, 0) is 44.9 Å². The number of carbonyl (C=O) groups is 2. The van der Waals surface area contributed by atoms with Gasteiger partial charge in [-0.1, -0.05) is 6.42 Å². The van der Waals surface area contributed by atoms with Crippen LogP contribution in [0.4, 0.5) is 0 Å². The lowest BCUT2D eigenvalue weighted by Crippen LogP contribution is -2.48. The maximum Gasteiger partial charge on any atom is 0.260 e. The van der Waals surface area contributed by atoms with Crippen LogP contribution in [0.2, 0.25) is 0 Å². The van der Waals surface area contributed by atoms with Gasteiger partial charge in [-0.3, -0.25) is 9.59 Å². The van der Waals surface area contributed by atoms with Gasteiger partial charge in [-0.25, -0.2) is 0 Å². The first-order valence-electron chi connectivity index (χ1n) is 10.0. The van der Waals surface area contributed by atoms with Crippen molar-refractivity contribution in [2.45, 2.75) is 44.1 Å². The van der Waals surface area contributed by atoms with Crippen LogP contribution in [0.5, 0.6) is 11.5 Å². The lowest BCUT2D eigenvalue weighted by Gasteiger charge is -2.40. The number of ketones is 1. The minimum absolute atomic E-state index is 0.00145. The Morgan fingerprint density at radius 2 is 1.89 bits per heavy atom. The first-order valence-corrected chi connectivity index (χ1v) is 10.0. The van der Waals surface area contributed by atoms with E-state index in [0.717, 1.165) is 51.9 Å². The second kappa shape index (κ2) is 7.50. The Labute approximate surface area is 160 Å². The maximum atomic E-state index is 12.6. The highest BCUT2D eigenvalue weighted by atomic mass is 16.5. The molecule has 1 aromatic carbocycles. The van der Waals surface area contributed by atoms with E-state index in [1.807, 2.05) is 4.90 Å². The monoisotopic (exact) mass is 372 g/mol. The third kappa shape index (κ3) is 3.95. The summed E-state index contributed by atoms with van der Waals surface area (Å²) in [4.78, 5) is 29.0. The van der Waals surface area contributed by atoms with Gasteiger partial charge in [0, 0.05) is 32.2 Å². The zero-order valence-electron chi connectivity index (χ0n) is 16.0. The number of amides is 1. The van der Waals surface area contributed by atoms with Gasteiger partial charge >= 0.3 is 0 Å². The molecule has 1 aromatic rings. The molecule has 6 nitrogen and oxygen atoms in total. The average molecular weight is 372 g/mol. The zero-order chi connectivity index (χ0) is 18.9. The highest BCUT2D eigenvalue weighted by Crippen LogP contribution is 2.42. The summed E-state index contributed by atoms with van der Waals surface area (Å²) >= 11 is 0. The Morgan fingerprint density at radius 1 is 1.15 bits per heavy atom. The van der Waals surface area contributed by atoms with E-state index in [4.69, 9.17) is 9.47 Å². The maximum absolute atomic E-state index is 12.6. The van der Waals surface area contributed by atoms with Crippen molar-refractivity contribution in [3.63, 3.8) is 0 Å². The van der Waals surface area contributed by atoms with Crippen molar-refractivity contribution in [3.8, 4) is 11.5 Å². The molecule has 4 rings (SSSR count). The molecule has 0 unspecified atom stereocenters. The first-order chi connectivity index (χ1) is 13.0. The van der Waals surface area contributed by atoms with E-state index >= 15 is 0 Å². The molecule has 0 N–H and O–H groups in total. The van der Waals surface area contributed by atoms with Gasteiger partial charge < -0.3 is 19.3 Å². The number of piperazine rings is 1. The summed E-state index contributed by atoms with van der Waals surface area (Å²) in [7, 11) is 2.06. The van der Waals surface area contributed by atoms with Crippen molar-refractivity contribution in [2.24, 2.45) is 0 Å². The summed E-state index contributed by atoms with van der Waals surface area (Å²) in [6.07, 6.45) is 5.78. The van der Waals surface area contributed by atoms with Gasteiger partial charge in [0.1, 0.15) is 17.1 Å². The van der Waals surface area contributed by atoms with E-state index in [9.17, 15) is 9.59 Å². The number of benzene rings is 1. The molecule has 0 aromatic heterocycles. The molecule has 0 atom stereocenters. The number of hydrogen-bond donors (Lipinski definition) is 0. The van der Waals surface area contributed by atoms with E-state index in [0.29, 0.717) is 23.5 Å². The van der Waals surface area contributed by atoms with Gasteiger partial charge in [0.05, 0.1) is 12.0 Å². The Morgan fingerprint density at radius 3 is 2.63 bits per heavy atom. The molecule has 2 heterocycles. The van der Waals surface area contributed by atoms with Crippen molar-refractivity contribution in [1.82, 2.24) is 9.80 Å². The number of rotatable bonds is 3. The molecule has 1 saturated heterocycles. The fraction of sp³-hybridized carbons (Fsp3) is 0.619. The van der Waals surface area contributed by atoms with E-state index in [-0.39, 0.29) is 23.9 Å². The summed E-state index contributed by atoms with van der Waals surface area (Å²) in [6, 6.07) is 5.30. The second-order valence-electron chi connectivity index (χ2n) is 8.08. The number of nitrogens with zero attached hydrogens (tertiary/aromatic N) is 2. The highest BCUT2D eigenvalue weighted by molar-refractivity contribution is 6.00. The Kier molecular flexibility index (Phi) is 5.08. The number of ether oxygens (including phenoxy) is 2. The fourth-order valence-corrected chi connectivity index (χ4v) is 4.33. The molecule has 146 valence electrons. The molecule has 0 radical (unpaired) electrons. The molecule has 0 bridgehead atoms. The Hall–Kier alpha value is -2.08. The summed E-state index contributed by atoms with van der Waals surface area (Å²) < 4.78 is 12.0. The van der Waals surface area contributed by atoms with Crippen LogP contribution < -0.4 is 9.47 Å². The Balaban J connectivity index is 1.41. The molecule has 1 saturated carbocycles. The number of fused-ring (bicyclic) bond motifs is 1. The number of hydrogen-bond acceptors (Lipinski definition) is 5. The molecule has 2 aliphatic heterocycles. The largest absolute Gasteiger partial charge is 0.486 e. The predicted molar refractivity (Wildman–Crippen MR) is 101 cm³/mol. The highest BCUT2D eigenvalue weighted by Gasteiger charge is 2.41.